The fourth-order valence-electron chi connectivity index (χ4n) is 1.24. The molecule has 0 bridgehead atoms. The highest BCUT2D eigenvalue weighted by molar-refractivity contribution is 7.80. The van der Waals surface area contributed by atoms with Crippen LogP contribution in [0.4, 0.5) is 5.69 Å². The van der Waals surface area contributed by atoms with E-state index in [2.05, 4.69) is 5.32 Å². The molecule has 3 N–H and O–H groups in total. The van der Waals surface area contributed by atoms with Crippen molar-refractivity contribution in [3.8, 4) is 5.75 Å². The van der Waals surface area contributed by atoms with Gasteiger partial charge in [0.15, 0.2) is 0 Å². The first-order valence-electron chi connectivity index (χ1n) is 5.72. The number of benzene rings is 1. The number of thiocarbonyl (C=S) groups is 1. The van der Waals surface area contributed by atoms with E-state index in [1.807, 2.05) is 19.1 Å². The maximum absolute atomic E-state index is 12.1. The van der Waals surface area contributed by atoms with E-state index in [0.717, 1.165) is 0 Å². The summed E-state index contributed by atoms with van der Waals surface area (Å²) in [6.45, 7) is 5.80. The first-order valence-corrected chi connectivity index (χ1v) is 6.13. The van der Waals surface area contributed by atoms with Crippen molar-refractivity contribution in [2.45, 2.75) is 20.8 Å². The van der Waals surface area contributed by atoms with Crippen molar-refractivity contribution in [3.05, 3.63) is 24.3 Å². The normalized spacial score (nSPS) is 10.8. The Balaban J connectivity index is 2.91. The highest BCUT2D eigenvalue weighted by Gasteiger charge is 2.31. The Morgan fingerprint density at radius 1 is 1.44 bits per heavy atom. The van der Waals surface area contributed by atoms with Crippen LogP contribution >= 0.6 is 12.2 Å². The van der Waals surface area contributed by atoms with Crippen LogP contribution in [-0.2, 0) is 4.79 Å². The van der Waals surface area contributed by atoms with Gasteiger partial charge in [-0.05, 0) is 32.9 Å². The number of hydrogen-bond acceptors (Lipinski definition) is 3. The minimum atomic E-state index is -0.894. The molecule has 0 spiro atoms. The summed E-state index contributed by atoms with van der Waals surface area (Å²) >= 11 is 4.89. The van der Waals surface area contributed by atoms with Crippen LogP contribution in [0, 0.1) is 5.41 Å². The standard InChI is InChI=1S/C13H18N2O2S/c1-4-17-10-8-6-5-7-9(10)15-12(16)13(2,3)11(14)18/h5-8H,4H2,1-3H3,(H2,14,18)(H,15,16). The van der Waals surface area contributed by atoms with Gasteiger partial charge >= 0.3 is 0 Å². The Morgan fingerprint density at radius 3 is 2.61 bits per heavy atom. The summed E-state index contributed by atoms with van der Waals surface area (Å²) in [5, 5.41) is 2.79. The smallest absolute Gasteiger partial charge is 0.236 e. The van der Waals surface area contributed by atoms with Gasteiger partial charge in [0, 0.05) is 0 Å². The molecule has 0 aliphatic carbocycles. The molecule has 1 aromatic rings. The van der Waals surface area contributed by atoms with Gasteiger partial charge in [0.25, 0.3) is 0 Å². The SMILES string of the molecule is CCOc1ccccc1NC(=O)C(C)(C)C(N)=S. The Bertz CT molecular complexity index is 458. The molecule has 0 aromatic heterocycles. The maximum atomic E-state index is 12.1. The topological polar surface area (TPSA) is 64.3 Å². The second-order valence-electron chi connectivity index (χ2n) is 4.37. The van der Waals surface area contributed by atoms with Gasteiger partial charge in [-0.2, -0.15) is 0 Å². The number of anilines is 1. The summed E-state index contributed by atoms with van der Waals surface area (Å²) in [5.74, 6) is 0.384. The van der Waals surface area contributed by atoms with Crippen molar-refractivity contribution in [3.63, 3.8) is 0 Å². The molecule has 0 unspecified atom stereocenters. The molecule has 5 heteroatoms. The van der Waals surface area contributed by atoms with Crippen LogP contribution in [0.2, 0.25) is 0 Å². The van der Waals surface area contributed by atoms with Crippen LogP contribution in [-0.4, -0.2) is 17.5 Å². The number of carbonyl (C=O) groups excluding carboxylic acids is 1. The number of nitrogens with two attached hydrogens (primary N) is 1. The second kappa shape index (κ2) is 5.82. The fraction of sp³-hybridized carbons (Fsp3) is 0.385. The van der Waals surface area contributed by atoms with Crippen molar-refractivity contribution >= 4 is 28.8 Å². The Kier molecular flexibility index (Phi) is 4.67. The highest BCUT2D eigenvalue weighted by atomic mass is 32.1. The molecule has 0 atom stereocenters. The largest absolute Gasteiger partial charge is 0.492 e. The fourth-order valence-corrected chi connectivity index (χ4v) is 1.33. The number of carbonyl (C=O) groups is 1. The van der Waals surface area contributed by atoms with Crippen molar-refractivity contribution < 1.29 is 9.53 Å². The molecule has 98 valence electrons. The molecule has 0 aliphatic rings. The summed E-state index contributed by atoms with van der Waals surface area (Å²) in [6.07, 6.45) is 0. The van der Waals surface area contributed by atoms with E-state index in [0.29, 0.717) is 18.0 Å². The van der Waals surface area contributed by atoms with Gasteiger partial charge in [0.05, 0.1) is 22.7 Å². The Labute approximate surface area is 113 Å². The third-order valence-electron chi connectivity index (χ3n) is 2.62. The summed E-state index contributed by atoms with van der Waals surface area (Å²) in [7, 11) is 0. The molecule has 1 rings (SSSR count). The lowest BCUT2D eigenvalue weighted by Gasteiger charge is -2.22. The van der Waals surface area contributed by atoms with Gasteiger partial charge in [0.1, 0.15) is 5.75 Å². The molecule has 0 heterocycles. The third-order valence-corrected chi connectivity index (χ3v) is 3.13. The molecule has 4 nitrogen and oxygen atoms in total. The van der Waals surface area contributed by atoms with Gasteiger partial charge in [-0.1, -0.05) is 24.4 Å². The number of amides is 1. The number of ether oxygens (including phenoxy) is 1. The average molecular weight is 266 g/mol. The van der Waals surface area contributed by atoms with E-state index in [9.17, 15) is 4.79 Å². The van der Waals surface area contributed by atoms with E-state index in [4.69, 9.17) is 22.7 Å². The van der Waals surface area contributed by atoms with E-state index in [1.165, 1.54) is 0 Å². The Hall–Kier alpha value is -1.62. The van der Waals surface area contributed by atoms with Crippen molar-refractivity contribution in [2.75, 3.05) is 11.9 Å². The first-order chi connectivity index (χ1) is 8.39. The van der Waals surface area contributed by atoms with Crippen LogP contribution in [0.5, 0.6) is 5.75 Å². The van der Waals surface area contributed by atoms with E-state index >= 15 is 0 Å². The lowest BCUT2D eigenvalue weighted by molar-refractivity contribution is -0.121. The predicted octanol–water partition coefficient (Wildman–Crippen LogP) is 2.34. The molecule has 1 aromatic carbocycles. The van der Waals surface area contributed by atoms with Gasteiger partial charge in [-0.3, -0.25) is 4.79 Å². The Morgan fingerprint density at radius 2 is 2.06 bits per heavy atom. The van der Waals surface area contributed by atoms with Crippen LogP contribution < -0.4 is 15.8 Å². The van der Waals surface area contributed by atoms with Gasteiger partial charge in [-0.15, -0.1) is 0 Å². The molecule has 18 heavy (non-hydrogen) atoms. The quantitative estimate of drug-likeness (QED) is 0.803. The highest BCUT2D eigenvalue weighted by Crippen LogP contribution is 2.26. The molecule has 0 saturated heterocycles. The van der Waals surface area contributed by atoms with E-state index < -0.39 is 5.41 Å². The number of rotatable bonds is 5. The molecule has 1 amide bonds. The van der Waals surface area contributed by atoms with E-state index in [1.54, 1.807) is 26.0 Å². The van der Waals surface area contributed by atoms with Gasteiger partial charge in [-0.25, -0.2) is 0 Å². The lowest BCUT2D eigenvalue weighted by Crippen LogP contribution is -2.41. The number of hydrogen-bond donors (Lipinski definition) is 2. The van der Waals surface area contributed by atoms with Crippen molar-refractivity contribution in [1.82, 2.24) is 0 Å². The zero-order chi connectivity index (χ0) is 13.8. The van der Waals surface area contributed by atoms with E-state index in [-0.39, 0.29) is 10.9 Å². The zero-order valence-corrected chi connectivity index (χ0v) is 11.6. The van der Waals surface area contributed by atoms with Crippen molar-refractivity contribution in [1.29, 1.82) is 0 Å². The molecule has 0 aliphatic heterocycles. The second-order valence-corrected chi connectivity index (χ2v) is 4.81. The minimum Gasteiger partial charge on any atom is -0.492 e. The summed E-state index contributed by atoms with van der Waals surface area (Å²) in [6, 6.07) is 7.25. The molecular weight excluding hydrogens is 248 g/mol. The molecule has 0 radical (unpaired) electrons. The number of nitrogens with one attached hydrogen (secondary N) is 1. The average Bonchev–Trinajstić information content (AvgIpc) is 2.31. The zero-order valence-electron chi connectivity index (χ0n) is 10.8. The summed E-state index contributed by atoms with van der Waals surface area (Å²) in [5.41, 5.74) is 5.29. The number of para-hydroxylation sites is 2. The third kappa shape index (κ3) is 3.20. The first kappa shape index (κ1) is 14.4. The minimum absolute atomic E-state index is 0.161. The predicted molar refractivity (Wildman–Crippen MR) is 76.8 cm³/mol. The summed E-state index contributed by atoms with van der Waals surface area (Å²) in [4.78, 5) is 12.3. The van der Waals surface area contributed by atoms with Crippen LogP contribution in [0.25, 0.3) is 0 Å². The summed E-state index contributed by atoms with van der Waals surface area (Å²) < 4.78 is 5.43. The van der Waals surface area contributed by atoms with Crippen LogP contribution in [0.3, 0.4) is 0 Å². The van der Waals surface area contributed by atoms with Crippen molar-refractivity contribution in [2.24, 2.45) is 11.1 Å². The molecule has 0 fully saturated rings. The molecular formula is C13H18N2O2S. The van der Waals surface area contributed by atoms with Gasteiger partial charge < -0.3 is 15.8 Å². The van der Waals surface area contributed by atoms with Crippen LogP contribution in [0.1, 0.15) is 20.8 Å². The molecule has 0 saturated carbocycles. The maximum Gasteiger partial charge on any atom is 0.236 e. The van der Waals surface area contributed by atoms with Gasteiger partial charge in [0.2, 0.25) is 5.91 Å². The van der Waals surface area contributed by atoms with Crippen LogP contribution in [0.15, 0.2) is 24.3 Å². The lowest BCUT2D eigenvalue weighted by atomic mass is 9.92. The monoisotopic (exact) mass is 266 g/mol.